The normalized spacial score (nSPS) is 14.8. The average Bonchev–Trinajstić information content (AvgIpc) is 2.75. The maximum absolute atomic E-state index is 12.4. The van der Waals surface area contributed by atoms with Gasteiger partial charge in [0, 0.05) is 30.7 Å². The fraction of sp³-hybridized carbons (Fsp3) is 0.381. The van der Waals surface area contributed by atoms with Crippen LogP contribution in [0, 0.1) is 0 Å². The molecular weight excluding hydrogens is 374 g/mol. The Morgan fingerprint density at radius 1 is 1.21 bits per heavy atom. The number of esters is 1. The molecule has 2 heterocycles. The summed E-state index contributed by atoms with van der Waals surface area (Å²) in [6.45, 7) is 6.80. The molecule has 8 heteroatoms. The molecule has 0 aliphatic carbocycles. The molecule has 154 valence electrons. The average molecular weight is 399 g/mol. The van der Waals surface area contributed by atoms with Gasteiger partial charge in [-0.3, -0.25) is 4.79 Å². The number of carbonyl (C=O) groups is 2. The second-order valence-electron chi connectivity index (χ2n) is 6.47. The number of nitrogens with one attached hydrogen (secondary N) is 1. The molecule has 1 N–H and O–H groups in total. The van der Waals surface area contributed by atoms with Gasteiger partial charge in [0.1, 0.15) is 5.56 Å². The quantitative estimate of drug-likeness (QED) is 0.716. The van der Waals surface area contributed by atoms with Crippen LogP contribution in [0.15, 0.2) is 42.6 Å². The van der Waals surface area contributed by atoms with Crippen LogP contribution >= 0.6 is 0 Å². The Kier molecular flexibility index (Phi) is 7.02. The molecule has 0 saturated carbocycles. The van der Waals surface area contributed by atoms with E-state index in [2.05, 4.69) is 15.2 Å². The minimum absolute atomic E-state index is 0.184. The Morgan fingerprint density at radius 3 is 2.62 bits per heavy atom. The highest BCUT2D eigenvalue weighted by molar-refractivity contribution is 5.98. The molecule has 29 heavy (non-hydrogen) atoms. The van der Waals surface area contributed by atoms with Gasteiger partial charge < -0.3 is 24.4 Å². The minimum Gasteiger partial charge on any atom is -0.477 e. The van der Waals surface area contributed by atoms with Gasteiger partial charge in [-0.05, 0) is 50.2 Å². The van der Waals surface area contributed by atoms with Gasteiger partial charge in [-0.1, -0.05) is 0 Å². The van der Waals surface area contributed by atoms with Gasteiger partial charge in [0.05, 0.1) is 19.8 Å². The van der Waals surface area contributed by atoms with Crippen molar-refractivity contribution in [2.24, 2.45) is 0 Å². The van der Waals surface area contributed by atoms with Gasteiger partial charge in [-0.25, -0.2) is 9.78 Å². The van der Waals surface area contributed by atoms with Gasteiger partial charge >= 0.3 is 5.97 Å². The molecule has 0 unspecified atom stereocenters. The summed E-state index contributed by atoms with van der Waals surface area (Å²) in [7, 11) is 0. The number of pyridine rings is 1. The lowest BCUT2D eigenvalue weighted by Gasteiger charge is -2.28. The Balaban J connectivity index is 1.57. The van der Waals surface area contributed by atoms with Crippen molar-refractivity contribution in [1.29, 1.82) is 0 Å². The number of morpholine rings is 1. The van der Waals surface area contributed by atoms with Crippen LogP contribution in [-0.2, 0) is 14.3 Å². The molecule has 1 aromatic carbocycles. The van der Waals surface area contributed by atoms with Crippen LogP contribution in [0.1, 0.15) is 24.2 Å². The van der Waals surface area contributed by atoms with Crippen molar-refractivity contribution < 1.29 is 23.8 Å². The van der Waals surface area contributed by atoms with Crippen molar-refractivity contribution in [2.75, 3.05) is 43.1 Å². The van der Waals surface area contributed by atoms with Crippen molar-refractivity contribution >= 4 is 23.3 Å². The lowest BCUT2D eigenvalue weighted by atomic mass is 10.2. The standard InChI is InChI=1S/C21H25N3O5/c1-3-28-20-18(5-4-10-22-20)21(26)29-15(2)19(25)23-16-6-8-17(9-7-16)24-11-13-27-14-12-24/h4-10,15H,3,11-14H2,1-2H3,(H,23,25)/t15-/m1/s1. The number of benzene rings is 1. The molecule has 1 aromatic heterocycles. The second kappa shape index (κ2) is 9.88. The Bertz CT molecular complexity index is 834. The third-order valence-electron chi connectivity index (χ3n) is 4.44. The smallest absolute Gasteiger partial charge is 0.344 e. The fourth-order valence-electron chi connectivity index (χ4n) is 2.90. The molecule has 2 aromatic rings. The summed E-state index contributed by atoms with van der Waals surface area (Å²) in [5.41, 5.74) is 1.89. The van der Waals surface area contributed by atoms with E-state index in [-0.39, 0.29) is 11.4 Å². The number of carbonyl (C=O) groups excluding carboxylic acids is 2. The third-order valence-corrected chi connectivity index (χ3v) is 4.44. The molecule has 3 rings (SSSR count). The highest BCUT2D eigenvalue weighted by atomic mass is 16.6. The van der Waals surface area contributed by atoms with Crippen LogP contribution in [0.25, 0.3) is 0 Å². The first-order valence-corrected chi connectivity index (χ1v) is 9.61. The summed E-state index contributed by atoms with van der Waals surface area (Å²) in [6.07, 6.45) is 0.550. The zero-order valence-corrected chi connectivity index (χ0v) is 16.6. The third kappa shape index (κ3) is 5.45. The van der Waals surface area contributed by atoms with E-state index in [1.54, 1.807) is 19.1 Å². The summed E-state index contributed by atoms with van der Waals surface area (Å²) < 4.78 is 16.0. The first-order valence-electron chi connectivity index (χ1n) is 9.61. The summed E-state index contributed by atoms with van der Waals surface area (Å²) in [5, 5.41) is 2.76. The molecule has 1 aliphatic rings. The van der Waals surface area contributed by atoms with Crippen LogP contribution in [0.3, 0.4) is 0 Å². The highest BCUT2D eigenvalue weighted by Gasteiger charge is 2.22. The zero-order chi connectivity index (χ0) is 20.6. The monoisotopic (exact) mass is 399 g/mol. The van der Waals surface area contributed by atoms with Crippen LogP contribution in [-0.4, -0.2) is 55.9 Å². The lowest BCUT2D eigenvalue weighted by molar-refractivity contribution is -0.123. The molecule has 8 nitrogen and oxygen atoms in total. The number of aromatic nitrogens is 1. The van der Waals surface area contributed by atoms with E-state index in [0.717, 1.165) is 18.8 Å². The second-order valence-corrected chi connectivity index (χ2v) is 6.47. The molecule has 0 radical (unpaired) electrons. The molecule has 0 spiro atoms. The number of hydrogen-bond donors (Lipinski definition) is 1. The van der Waals surface area contributed by atoms with Gasteiger partial charge in [-0.15, -0.1) is 0 Å². The van der Waals surface area contributed by atoms with Crippen molar-refractivity contribution in [1.82, 2.24) is 4.98 Å². The van der Waals surface area contributed by atoms with Crippen LogP contribution in [0.2, 0.25) is 0 Å². The number of ether oxygens (including phenoxy) is 3. The van der Waals surface area contributed by atoms with Gasteiger partial charge in [-0.2, -0.15) is 0 Å². The van der Waals surface area contributed by atoms with E-state index in [1.807, 2.05) is 24.3 Å². The summed E-state index contributed by atoms with van der Waals surface area (Å²) in [6, 6.07) is 10.7. The molecule has 1 fully saturated rings. The van der Waals surface area contributed by atoms with Gasteiger partial charge in [0.15, 0.2) is 6.10 Å². The molecule has 1 amide bonds. The van der Waals surface area contributed by atoms with E-state index < -0.39 is 18.0 Å². The highest BCUT2D eigenvalue weighted by Crippen LogP contribution is 2.20. The number of rotatable bonds is 7. The lowest BCUT2D eigenvalue weighted by Crippen LogP contribution is -2.36. The topological polar surface area (TPSA) is 90.0 Å². The van der Waals surface area contributed by atoms with Crippen LogP contribution in [0.5, 0.6) is 5.88 Å². The van der Waals surface area contributed by atoms with Crippen molar-refractivity contribution in [3.63, 3.8) is 0 Å². The summed E-state index contributed by atoms with van der Waals surface area (Å²) in [5.74, 6) is -0.891. The largest absolute Gasteiger partial charge is 0.477 e. The SMILES string of the molecule is CCOc1ncccc1C(=O)O[C@H](C)C(=O)Nc1ccc(N2CCOCC2)cc1. The predicted octanol–water partition coefficient (Wildman–Crippen LogP) is 2.50. The van der Waals surface area contributed by atoms with Crippen molar-refractivity contribution in [3.8, 4) is 5.88 Å². The molecule has 1 atom stereocenters. The fourth-order valence-corrected chi connectivity index (χ4v) is 2.90. The summed E-state index contributed by atoms with van der Waals surface area (Å²) in [4.78, 5) is 31.0. The number of anilines is 2. The van der Waals surface area contributed by atoms with Crippen molar-refractivity contribution in [2.45, 2.75) is 20.0 Å². The summed E-state index contributed by atoms with van der Waals surface area (Å²) >= 11 is 0. The Morgan fingerprint density at radius 2 is 1.93 bits per heavy atom. The zero-order valence-electron chi connectivity index (χ0n) is 16.6. The molecular formula is C21H25N3O5. The first-order chi connectivity index (χ1) is 14.1. The van der Waals surface area contributed by atoms with Crippen LogP contribution in [0.4, 0.5) is 11.4 Å². The van der Waals surface area contributed by atoms with Gasteiger partial charge in [0.25, 0.3) is 5.91 Å². The number of amides is 1. The molecule has 1 saturated heterocycles. The van der Waals surface area contributed by atoms with Crippen molar-refractivity contribution in [3.05, 3.63) is 48.2 Å². The van der Waals surface area contributed by atoms with E-state index in [9.17, 15) is 9.59 Å². The Labute approximate surface area is 169 Å². The van der Waals surface area contributed by atoms with E-state index in [4.69, 9.17) is 14.2 Å². The minimum atomic E-state index is -0.976. The maximum atomic E-state index is 12.4. The number of nitrogens with zero attached hydrogens (tertiary/aromatic N) is 2. The predicted molar refractivity (Wildman–Crippen MR) is 108 cm³/mol. The number of hydrogen-bond acceptors (Lipinski definition) is 7. The van der Waals surface area contributed by atoms with E-state index in [1.165, 1.54) is 13.1 Å². The van der Waals surface area contributed by atoms with Gasteiger partial charge in [0.2, 0.25) is 5.88 Å². The molecule has 0 bridgehead atoms. The van der Waals surface area contributed by atoms with E-state index in [0.29, 0.717) is 25.5 Å². The Hall–Kier alpha value is -3.13. The molecule has 1 aliphatic heterocycles. The van der Waals surface area contributed by atoms with Crippen LogP contribution < -0.4 is 15.0 Å². The maximum Gasteiger partial charge on any atom is 0.344 e. The van der Waals surface area contributed by atoms with E-state index >= 15 is 0 Å². The first kappa shape index (κ1) is 20.6.